The van der Waals surface area contributed by atoms with Crippen molar-refractivity contribution in [2.24, 2.45) is 0 Å². The highest BCUT2D eigenvalue weighted by Crippen LogP contribution is 2.37. The molecule has 10 heavy (non-hydrogen) atoms. The van der Waals surface area contributed by atoms with E-state index in [1.165, 1.54) is 12.2 Å². The minimum Gasteiger partial charge on any atom is -0.289 e. The van der Waals surface area contributed by atoms with Crippen LogP contribution in [0.2, 0.25) is 0 Å². The molecule has 1 heterocycles. The summed E-state index contributed by atoms with van der Waals surface area (Å²) in [5.74, 6) is 1.31. The number of hydrogen-bond acceptors (Lipinski definition) is 2. The second kappa shape index (κ2) is 2.74. The first kappa shape index (κ1) is 8.41. The molecule has 1 aliphatic heterocycles. The summed E-state index contributed by atoms with van der Waals surface area (Å²) in [5.41, 5.74) is 0. The third kappa shape index (κ3) is 1.32. The summed E-state index contributed by atoms with van der Waals surface area (Å²) < 4.78 is 0. The number of thioether (sulfide) groups is 1. The van der Waals surface area contributed by atoms with Crippen molar-refractivity contribution in [3.8, 4) is 0 Å². The minimum atomic E-state index is 0.376. The van der Waals surface area contributed by atoms with Crippen molar-refractivity contribution in [1.29, 1.82) is 0 Å². The van der Waals surface area contributed by atoms with Crippen LogP contribution in [0.1, 0.15) is 27.2 Å². The molecule has 0 aliphatic carbocycles. The molecule has 60 valence electrons. The van der Waals surface area contributed by atoms with Crippen molar-refractivity contribution in [2.45, 2.75) is 38.1 Å². The molecule has 0 aromatic carbocycles. The fraction of sp³-hybridized carbons (Fsp3) is 1.00. The van der Waals surface area contributed by atoms with Gasteiger partial charge in [0.05, 0.1) is 4.87 Å². The Kier molecular flexibility index (Phi) is 2.31. The summed E-state index contributed by atoms with van der Waals surface area (Å²) in [5, 5.41) is 0. The smallest absolute Gasteiger partial charge is 0.0613 e. The molecule has 1 atom stereocenters. The Morgan fingerprint density at radius 1 is 1.60 bits per heavy atom. The molecule has 0 bridgehead atoms. The first-order valence-corrected chi connectivity index (χ1v) is 4.93. The maximum atomic E-state index is 2.48. The Bertz CT molecular complexity index is 122. The lowest BCUT2D eigenvalue weighted by Gasteiger charge is -2.29. The molecule has 2 heteroatoms. The molecule has 0 saturated carbocycles. The third-order valence-electron chi connectivity index (χ3n) is 2.50. The average Bonchev–Trinajstić information content (AvgIpc) is 2.10. The van der Waals surface area contributed by atoms with E-state index in [2.05, 4.69) is 44.5 Å². The summed E-state index contributed by atoms with van der Waals surface area (Å²) in [6.45, 7) is 6.86. The van der Waals surface area contributed by atoms with Gasteiger partial charge in [0.2, 0.25) is 0 Å². The Morgan fingerprint density at radius 3 is 2.40 bits per heavy atom. The maximum Gasteiger partial charge on any atom is 0.0613 e. The van der Waals surface area contributed by atoms with Crippen molar-refractivity contribution < 1.29 is 0 Å². The van der Waals surface area contributed by atoms with Crippen LogP contribution in [-0.4, -0.2) is 28.6 Å². The average molecular weight is 159 g/mol. The zero-order valence-corrected chi connectivity index (χ0v) is 8.16. The second-order valence-corrected chi connectivity index (χ2v) is 5.05. The van der Waals surface area contributed by atoms with Crippen molar-refractivity contribution in [3.05, 3.63) is 0 Å². The quantitative estimate of drug-likeness (QED) is 0.577. The Labute approximate surface area is 68.2 Å². The fourth-order valence-electron chi connectivity index (χ4n) is 1.35. The Balaban J connectivity index is 2.58. The predicted octanol–water partition coefficient (Wildman–Crippen LogP) is 2.18. The van der Waals surface area contributed by atoms with E-state index in [0.717, 1.165) is 6.04 Å². The maximum absolute atomic E-state index is 2.48. The lowest BCUT2D eigenvalue weighted by atomic mass is 10.2. The van der Waals surface area contributed by atoms with Crippen LogP contribution in [0, 0.1) is 0 Å². The summed E-state index contributed by atoms with van der Waals surface area (Å²) >= 11 is 2.07. The van der Waals surface area contributed by atoms with Crippen molar-refractivity contribution in [1.82, 2.24) is 4.90 Å². The lowest BCUT2D eigenvalue weighted by Crippen LogP contribution is -2.38. The van der Waals surface area contributed by atoms with Gasteiger partial charge in [-0.3, -0.25) is 4.90 Å². The molecule has 0 aromatic rings. The van der Waals surface area contributed by atoms with E-state index >= 15 is 0 Å². The van der Waals surface area contributed by atoms with Gasteiger partial charge in [0.25, 0.3) is 0 Å². The predicted molar refractivity (Wildman–Crippen MR) is 48.4 cm³/mol. The topological polar surface area (TPSA) is 3.24 Å². The zero-order valence-electron chi connectivity index (χ0n) is 7.35. The standard InChI is InChI=1S/C8H17NS/c1-5-7-6-10-8(2,3)9(7)4/h7H,5-6H2,1-4H3. The van der Waals surface area contributed by atoms with Crippen LogP contribution >= 0.6 is 11.8 Å². The molecule has 0 amide bonds. The summed E-state index contributed by atoms with van der Waals surface area (Å²) in [6, 6.07) is 0.806. The molecule has 0 N–H and O–H groups in total. The molecule has 1 rings (SSSR count). The highest BCUT2D eigenvalue weighted by atomic mass is 32.2. The molecule has 0 spiro atoms. The first-order valence-electron chi connectivity index (χ1n) is 3.95. The van der Waals surface area contributed by atoms with Gasteiger partial charge in [-0.1, -0.05) is 6.92 Å². The molecule has 1 aliphatic rings. The first-order chi connectivity index (χ1) is 4.58. The van der Waals surface area contributed by atoms with Crippen molar-refractivity contribution in [3.63, 3.8) is 0 Å². The van der Waals surface area contributed by atoms with Gasteiger partial charge in [-0.2, -0.15) is 0 Å². The molecular weight excluding hydrogens is 142 g/mol. The van der Waals surface area contributed by atoms with Crippen LogP contribution in [0.4, 0.5) is 0 Å². The van der Waals surface area contributed by atoms with E-state index in [9.17, 15) is 0 Å². The van der Waals surface area contributed by atoms with Gasteiger partial charge in [0, 0.05) is 11.8 Å². The third-order valence-corrected chi connectivity index (χ3v) is 4.04. The normalized spacial score (nSPS) is 33.0. The van der Waals surface area contributed by atoms with Gasteiger partial charge in [-0.05, 0) is 27.3 Å². The highest BCUT2D eigenvalue weighted by Gasteiger charge is 2.35. The molecule has 1 nitrogen and oxygen atoms in total. The fourth-order valence-corrected chi connectivity index (χ4v) is 2.76. The second-order valence-electron chi connectivity index (χ2n) is 3.43. The van der Waals surface area contributed by atoms with Crippen molar-refractivity contribution in [2.75, 3.05) is 12.8 Å². The summed E-state index contributed by atoms with van der Waals surface area (Å²) in [6.07, 6.45) is 1.28. The number of nitrogens with zero attached hydrogens (tertiary/aromatic N) is 1. The van der Waals surface area contributed by atoms with E-state index in [0.29, 0.717) is 4.87 Å². The van der Waals surface area contributed by atoms with Crippen molar-refractivity contribution >= 4 is 11.8 Å². The van der Waals surface area contributed by atoms with Crippen LogP contribution < -0.4 is 0 Å². The van der Waals surface area contributed by atoms with Crippen LogP contribution in [0.3, 0.4) is 0 Å². The van der Waals surface area contributed by atoms with Gasteiger partial charge in [0.15, 0.2) is 0 Å². The van der Waals surface area contributed by atoms with E-state index in [1.807, 2.05) is 0 Å². The van der Waals surface area contributed by atoms with E-state index in [-0.39, 0.29) is 0 Å². The minimum absolute atomic E-state index is 0.376. The monoisotopic (exact) mass is 159 g/mol. The van der Waals surface area contributed by atoms with Crippen LogP contribution in [-0.2, 0) is 0 Å². The van der Waals surface area contributed by atoms with Crippen LogP contribution in [0.25, 0.3) is 0 Å². The van der Waals surface area contributed by atoms with Gasteiger partial charge in [-0.15, -0.1) is 11.8 Å². The highest BCUT2D eigenvalue weighted by molar-refractivity contribution is 8.00. The van der Waals surface area contributed by atoms with Gasteiger partial charge >= 0.3 is 0 Å². The largest absolute Gasteiger partial charge is 0.289 e. The number of rotatable bonds is 1. The van der Waals surface area contributed by atoms with Gasteiger partial charge in [0.1, 0.15) is 0 Å². The Morgan fingerprint density at radius 2 is 2.20 bits per heavy atom. The molecule has 1 saturated heterocycles. The molecule has 1 unspecified atom stereocenters. The van der Waals surface area contributed by atoms with E-state index in [4.69, 9.17) is 0 Å². The summed E-state index contributed by atoms with van der Waals surface area (Å²) in [4.78, 5) is 2.86. The van der Waals surface area contributed by atoms with E-state index < -0.39 is 0 Å². The lowest BCUT2D eigenvalue weighted by molar-refractivity contribution is 0.202. The van der Waals surface area contributed by atoms with E-state index in [1.54, 1.807) is 0 Å². The molecular formula is C8H17NS. The zero-order chi connectivity index (χ0) is 7.78. The number of hydrogen-bond donors (Lipinski definition) is 0. The summed E-state index contributed by atoms with van der Waals surface area (Å²) in [7, 11) is 2.23. The molecule has 0 radical (unpaired) electrons. The SMILES string of the molecule is CCC1CSC(C)(C)N1C. The van der Waals surface area contributed by atoms with Crippen LogP contribution in [0.5, 0.6) is 0 Å². The molecule has 1 fully saturated rings. The van der Waals surface area contributed by atoms with Gasteiger partial charge in [-0.25, -0.2) is 0 Å². The van der Waals surface area contributed by atoms with Gasteiger partial charge < -0.3 is 0 Å². The molecule has 0 aromatic heterocycles. The van der Waals surface area contributed by atoms with Crippen LogP contribution in [0.15, 0.2) is 0 Å². The Hall–Kier alpha value is 0.310.